The van der Waals surface area contributed by atoms with Gasteiger partial charge in [0.2, 0.25) is 5.91 Å². The maximum atomic E-state index is 10.7. The Balaban J connectivity index is 2.75. The van der Waals surface area contributed by atoms with E-state index in [-0.39, 0.29) is 0 Å². The molecule has 1 amide bonds. The molecule has 2 nitrogen and oxygen atoms in total. The van der Waals surface area contributed by atoms with Gasteiger partial charge in [-0.25, -0.2) is 0 Å². The van der Waals surface area contributed by atoms with Crippen LogP contribution in [0.1, 0.15) is 10.4 Å². The molecule has 0 fully saturated rings. The molecule has 5 heteroatoms. The topological polar surface area (TPSA) is 43.1 Å². The van der Waals surface area contributed by atoms with E-state index in [1.807, 2.05) is 0 Å². The minimum atomic E-state index is -0.501. The lowest BCUT2D eigenvalue weighted by Crippen LogP contribution is -2.10. The average molecular weight is 236 g/mol. The predicted octanol–water partition coefficient (Wildman–Crippen LogP) is 2.64. The highest BCUT2D eigenvalue weighted by Crippen LogP contribution is 2.28. The van der Waals surface area contributed by atoms with Gasteiger partial charge in [0, 0.05) is 10.5 Å². The molecule has 0 radical (unpaired) electrons. The van der Waals surface area contributed by atoms with Gasteiger partial charge in [0.15, 0.2) is 4.17 Å². The molecule has 0 aromatic heterocycles. The molecule has 0 unspecified atom stereocenters. The highest BCUT2D eigenvalue weighted by Gasteiger charge is 2.03. The Morgan fingerprint density at radius 2 is 1.85 bits per heavy atom. The van der Waals surface area contributed by atoms with Gasteiger partial charge < -0.3 is 5.73 Å². The first-order valence-corrected chi connectivity index (χ1v) is 5.19. The van der Waals surface area contributed by atoms with Crippen LogP contribution in [-0.2, 0) is 0 Å². The molecule has 0 aliphatic rings. The van der Waals surface area contributed by atoms with Gasteiger partial charge in [-0.1, -0.05) is 35.0 Å². The lowest BCUT2D eigenvalue weighted by molar-refractivity contribution is 0.100. The molecule has 0 aliphatic heterocycles. The fourth-order valence-electron chi connectivity index (χ4n) is 0.801. The number of carbonyl (C=O) groups is 1. The number of primary amides is 1. The second kappa shape index (κ2) is 4.74. The van der Waals surface area contributed by atoms with Crippen LogP contribution in [0.15, 0.2) is 29.2 Å². The first-order chi connectivity index (χ1) is 6.09. The van der Waals surface area contributed by atoms with E-state index in [2.05, 4.69) is 0 Å². The summed E-state index contributed by atoms with van der Waals surface area (Å²) in [7, 11) is 0. The summed E-state index contributed by atoms with van der Waals surface area (Å²) < 4.78 is -0.501. The van der Waals surface area contributed by atoms with Crippen molar-refractivity contribution in [2.75, 3.05) is 0 Å². The van der Waals surface area contributed by atoms with Crippen LogP contribution < -0.4 is 5.73 Å². The minimum absolute atomic E-state index is 0.440. The number of nitrogens with two attached hydrogens (primary N) is 1. The molecule has 0 atom stereocenters. The van der Waals surface area contributed by atoms with Crippen molar-refractivity contribution in [1.29, 1.82) is 0 Å². The van der Waals surface area contributed by atoms with Gasteiger partial charge in [-0.3, -0.25) is 4.79 Å². The van der Waals surface area contributed by atoms with E-state index in [1.54, 1.807) is 24.3 Å². The third-order valence-electron chi connectivity index (χ3n) is 1.36. The van der Waals surface area contributed by atoms with E-state index in [0.29, 0.717) is 5.56 Å². The second-order valence-corrected chi connectivity index (χ2v) is 5.06. The number of halogens is 2. The van der Waals surface area contributed by atoms with E-state index in [4.69, 9.17) is 28.9 Å². The van der Waals surface area contributed by atoms with Gasteiger partial charge in [0.1, 0.15) is 0 Å². The quantitative estimate of drug-likeness (QED) is 0.647. The number of hydrogen-bond acceptors (Lipinski definition) is 2. The molecule has 13 heavy (non-hydrogen) atoms. The first kappa shape index (κ1) is 10.7. The van der Waals surface area contributed by atoms with Crippen molar-refractivity contribution < 1.29 is 4.79 Å². The lowest BCUT2D eigenvalue weighted by Gasteiger charge is -2.01. The Kier molecular flexibility index (Phi) is 3.90. The smallest absolute Gasteiger partial charge is 0.248 e. The summed E-state index contributed by atoms with van der Waals surface area (Å²) in [6, 6.07) is 6.78. The molecular formula is C8H7Cl2NOS. The number of thioether (sulfide) groups is 1. The van der Waals surface area contributed by atoms with E-state index < -0.39 is 10.1 Å². The summed E-state index contributed by atoms with van der Waals surface area (Å²) in [6.07, 6.45) is 0. The summed E-state index contributed by atoms with van der Waals surface area (Å²) in [4.78, 5) is 11.6. The standard InChI is InChI=1S/C8H7Cl2NOS/c9-8(10)13-6-3-1-5(2-4-6)7(11)12/h1-4,8H,(H2,11,12). The molecule has 0 saturated heterocycles. The Labute approximate surface area is 90.4 Å². The Bertz CT molecular complexity index is 300. The molecule has 70 valence electrons. The molecule has 0 bridgehead atoms. The zero-order chi connectivity index (χ0) is 9.84. The van der Waals surface area contributed by atoms with Crippen LogP contribution in [-0.4, -0.2) is 10.1 Å². The monoisotopic (exact) mass is 235 g/mol. The molecule has 0 heterocycles. The Hall–Kier alpha value is -0.380. The zero-order valence-corrected chi connectivity index (χ0v) is 8.86. The van der Waals surface area contributed by atoms with Gasteiger partial charge >= 0.3 is 0 Å². The van der Waals surface area contributed by atoms with E-state index in [0.717, 1.165) is 4.90 Å². The van der Waals surface area contributed by atoms with Crippen LogP contribution in [0.4, 0.5) is 0 Å². The largest absolute Gasteiger partial charge is 0.366 e. The van der Waals surface area contributed by atoms with Crippen LogP contribution in [0.5, 0.6) is 0 Å². The number of benzene rings is 1. The predicted molar refractivity (Wildman–Crippen MR) is 56.3 cm³/mol. The van der Waals surface area contributed by atoms with Gasteiger partial charge in [-0.05, 0) is 24.3 Å². The van der Waals surface area contributed by atoms with Crippen molar-refractivity contribution in [3.8, 4) is 0 Å². The van der Waals surface area contributed by atoms with Gasteiger partial charge in [-0.15, -0.1) is 0 Å². The fourth-order valence-corrected chi connectivity index (χ4v) is 1.92. The van der Waals surface area contributed by atoms with E-state index in [1.165, 1.54) is 11.8 Å². The molecule has 0 aliphatic carbocycles. The summed E-state index contributed by atoms with van der Waals surface area (Å²) >= 11 is 12.4. The lowest BCUT2D eigenvalue weighted by atomic mass is 10.2. The number of rotatable bonds is 3. The Morgan fingerprint density at radius 1 is 1.31 bits per heavy atom. The van der Waals surface area contributed by atoms with E-state index >= 15 is 0 Å². The zero-order valence-electron chi connectivity index (χ0n) is 6.54. The molecule has 0 spiro atoms. The molecule has 1 aromatic carbocycles. The summed E-state index contributed by atoms with van der Waals surface area (Å²) in [5.74, 6) is -0.440. The highest BCUT2D eigenvalue weighted by molar-refractivity contribution is 8.02. The number of amides is 1. The third kappa shape index (κ3) is 3.46. The summed E-state index contributed by atoms with van der Waals surface area (Å²) in [5, 5.41) is 0. The molecule has 1 rings (SSSR count). The van der Waals surface area contributed by atoms with Crippen molar-refractivity contribution in [2.45, 2.75) is 9.06 Å². The third-order valence-corrected chi connectivity index (χ3v) is 2.62. The second-order valence-electron chi connectivity index (χ2n) is 2.27. The SMILES string of the molecule is NC(=O)c1ccc(SC(Cl)Cl)cc1. The van der Waals surface area contributed by atoms with Crippen LogP contribution in [0, 0.1) is 0 Å². The molecule has 1 aromatic rings. The number of alkyl halides is 2. The maximum Gasteiger partial charge on any atom is 0.248 e. The number of hydrogen-bond donors (Lipinski definition) is 1. The number of carbonyl (C=O) groups excluding carboxylic acids is 1. The van der Waals surface area contributed by atoms with Gasteiger partial charge in [0.05, 0.1) is 0 Å². The van der Waals surface area contributed by atoms with Crippen LogP contribution in [0.25, 0.3) is 0 Å². The first-order valence-electron chi connectivity index (χ1n) is 3.44. The van der Waals surface area contributed by atoms with Crippen molar-refractivity contribution >= 4 is 40.9 Å². The average Bonchev–Trinajstić information content (AvgIpc) is 2.04. The van der Waals surface area contributed by atoms with Crippen molar-refractivity contribution in [3.05, 3.63) is 29.8 Å². The van der Waals surface area contributed by atoms with Gasteiger partial charge in [0.25, 0.3) is 0 Å². The molecular weight excluding hydrogens is 229 g/mol. The highest BCUT2D eigenvalue weighted by atomic mass is 35.5. The van der Waals surface area contributed by atoms with Gasteiger partial charge in [-0.2, -0.15) is 0 Å². The van der Waals surface area contributed by atoms with Crippen LogP contribution in [0.3, 0.4) is 0 Å². The maximum absolute atomic E-state index is 10.7. The van der Waals surface area contributed by atoms with Crippen molar-refractivity contribution in [1.82, 2.24) is 0 Å². The molecule has 0 saturated carbocycles. The summed E-state index contributed by atoms with van der Waals surface area (Å²) in [6.45, 7) is 0. The minimum Gasteiger partial charge on any atom is -0.366 e. The van der Waals surface area contributed by atoms with Crippen molar-refractivity contribution in [2.24, 2.45) is 5.73 Å². The van der Waals surface area contributed by atoms with Crippen LogP contribution >= 0.6 is 35.0 Å². The van der Waals surface area contributed by atoms with Crippen molar-refractivity contribution in [3.63, 3.8) is 0 Å². The van der Waals surface area contributed by atoms with Crippen LogP contribution in [0.2, 0.25) is 0 Å². The fraction of sp³-hybridized carbons (Fsp3) is 0.125. The van der Waals surface area contributed by atoms with E-state index in [9.17, 15) is 4.79 Å². The Morgan fingerprint density at radius 3 is 2.23 bits per heavy atom. The molecule has 2 N–H and O–H groups in total. The summed E-state index contributed by atoms with van der Waals surface area (Å²) in [5.41, 5.74) is 5.54. The normalized spacial score (nSPS) is 10.4.